The average molecular weight is 749 g/mol. The number of phosphoric ester groups is 1. The zero-order chi connectivity index (χ0) is 38.2. The number of aliphatic hydroxyl groups is 1. The molecule has 52 heavy (non-hydrogen) atoms. The predicted octanol–water partition coefficient (Wildman–Crippen LogP) is 11.3. The van der Waals surface area contributed by atoms with Crippen LogP contribution in [0.3, 0.4) is 0 Å². The van der Waals surface area contributed by atoms with Gasteiger partial charge >= 0.3 is 7.82 Å². The smallest absolute Gasteiger partial charge is 0.387 e. The fourth-order valence-corrected chi connectivity index (χ4v) is 6.19. The molecule has 9 heteroatoms. The standard InChI is InChI=1S/C43H77N2O6P/c1-3-5-7-9-11-13-15-17-19-21-23-25-27-29-31-33-35-37-43(47)45-41(40-51-52(48,49)50-39-38-44)42(46)36-34-32-30-28-26-24-22-20-18-16-14-12-10-8-6-4-2/h5,7,11,13,17,19,23,25-26,28,34,36,41-42,46H,3-4,6,8-10,12,14-16,18,20-22,24,27,29-33,35,37-40,44H2,1-2H3,(H,45,47)(H,48,49)/b7-5-,13-11-,19-17-,25-23-,28-26+,36-34+. The van der Waals surface area contributed by atoms with Crippen LogP contribution in [-0.4, -0.2) is 47.8 Å². The molecule has 0 saturated heterocycles. The van der Waals surface area contributed by atoms with Gasteiger partial charge in [0.2, 0.25) is 5.91 Å². The Morgan fingerprint density at radius 1 is 0.654 bits per heavy atom. The second-order valence-electron chi connectivity index (χ2n) is 13.5. The fraction of sp³-hybridized carbons (Fsp3) is 0.698. The minimum atomic E-state index is -4.36. The van der Waals surface area contributed by atoms with Crippen molar-refractivity contribution in [2.45, 2.75) is 174 Å². The van der Waals surface area contributed by atoms with Crippen LogP contribution in [0.1, 0.15) is 162 Å². The van der Waals surface area contributed by atoms with E-state index in [2.05, 4.69) is 79.9 Å². The molecule has 0 aliphatic rings. The number of nitrogens with one attached hydrogen (secondary N) is 1. The van der Waals surface area contributed by atoms with Gasteiger partial charge in [-0.15, -0.1) is 0 Å². The lowest BCUT2D eigenvalue weighted by molar-refractivity contribution is -0.123. The number of unbranched alkanes of at least 4 members (excludes halogenated alkanes) is 15. The number of amides is 1. The summed E-state index contributed by atoms with van der Waals surface area (Å²) in [4.78, 5) is 22.6. The van der Waals surface area contributed by atoms with Gasteiger partial charge in [0.1, 0.15) is 0 Å². The van der Waals surface area contributed by atoms with E-state index in [-0.39, 0.29) is 25.7 Å². The first-order chi connectivity index (χ1) is 25.4. The van der Waals surface area contributed by atoms with E-state index in [4.69, 9.17) is 14.8 Å². The zero-order valence-corrected chi connectivity index (χ0v) is 33.9. The molecule has 0 rings (SSSR count). The number of phosphoric acid groups is 1. The Balaban J connectivity index is 4.38. The number of hydrogen-bond donors (Lipinski definition) is 4. The van der Waals surface area contributed by atoms with Crippen LogP contribution in [0.25, 0.3) is 0 Å². The van der Waals surface area contributed by atoms with Crippen molar-refractivity contribution in [3.05, 3.63) is 72.9 Å². The van der Waals surface area contributed by atoms with Gasteiger partial charge in [-0.1, -0.05) is 157 Å². The van der Waals surface area contributed by atoms with E-state index in [1.165, 1.54) is 64.2 Å². The van der Waals surface area contributed by atoms with E-state index in [0.717, 1.165) is 77.0 Å². The molecule has 0 saturated carbocycles. The molecule has 0 aromatic heterocycles. The molecule has 0 aromatic carbocycles. The predicted molar refractivity (Wildman–Crippen MR) is 221 cm³/mol. The van der Waals surface area contributed by atoms with E-state index in [1.54, 1.807) is 6.08 Å². The van der Waals surface area contributed by atoms with Gasteiger partial charge in [-0.3, -0.25) is 13.8 Å². The van der Waals surface area contributed by atoms with Crippen molar-refractivity contribution in [3.8, 4) is 0 Å². The van der Waals surface area contributed by atoms with Gasteiger partial charge in [-0.25, -0.2) is 4.57 Å². The molecule has 3 unspecified atom stereocenters. The first kappa shape index (κ1) is 49.9. The molecule has 0 bridgehead atoms. The molecular weight excluding hydrogens is 671 g/mol. The lowest BCUT2D eigenvalue weighted by atomic mass is 10.1. The third-order valence-corrected chi connectivity index (χ3v) is 9.50. The molecule has 300 valence electrons. The first-order valence-electron chi connectivity index (χ1n) is 20.6. The molecule has 1 amide bonds. The quantitative estimate of drug-likeness (QED) is 0.0282. The number of aliphatic hydroxyl groups excluding tert-OH is 1. The summed E-state index contributed by atoms with van der Waals surface area (Å²) in [6, 6.07) is -0.893. The van der Waals surface area contributed by atoms with Gasteiger partial charge in [0.05, 0.1) is 25.4 Å². The number of carbonyl (C=O) groups is 1. The Morgan fingerprint density at radius 3 is 1.71 bits per heavy atom. The van der Waals surface area contributed by atoms with Crippen LogP contribution >= 0.6 is 7.82 Å². The molecule has 0 aromatic rings. The molecular formula is C43H77N2O6P. The van der Waals surface area contributed by atoms with E-state index in [9.17, 15) is 19.4 Å². The van der Waals surface area contributed by atoms with Crippen molar-refractivity contribution >= 4 is 13.7 Å². The minimum Gasteiger partial charge on any atom is -0.387 e. The monoisotopic (exact) mass is 749 g/mol. The zero-order valence-electron chi connectivity index (χ0n) is 33.0. The summed E-state index contributed by atoms with van der Waals surface area (Å²) in [5.41, 5.74) is 5.36. The summed E-state index contributed by atoms with van der Waals surface area (Å²) in [6.45, 7) is 3.96. The molecule has 3 atom stereocenters. The van der Waals surface area contributed by atoms with Gasteiger partial charge < -0.3 is 21.1 Å². The molecule has 0 aliphatic carbocycles. The maximum atomic E-state index is 12.7. The van der Waals surface area contributed by atoms with Crippen LogP contribution in [0.2, 0.25) is 0 Å². The Labute approximate surface area is 318 Å². The number of rotatable bonds is 37. The summed E-state index contributed by atoms with van der Waals surface area (Å²) >= 11 is 0. The summed E-state index contributed by atoms with van der Waals surface area (Å²) in [6.07, 6.45) is 49.5. The van der Waals surface area contributed by atoms with Crippen molar-refractivity contribution in [3.63, 3.8) is 0 Å². The van der Waals surface area contributed by atoms with E-state index >= 15 is 0 Å². The second kappa shape index (κ2) is 38.7. The summed E-state index contributed by atoms with van der Waals surface area (Å²) < 4.78 is 22.1. The molecule has 0 spiro atoms. The van der Waals surface area contributed by atoms with Crippen molar-refractivity contribution in [1.29, 1.82) is 0 Å². The van der Waals surface area contributed by atoms with Crippen molar-refractivity contribution < 1.29 is 28.4 Å². The maximum absolute atomic E-state index is 12.7. The van der Waals surface area contributed by atoms with Crippen molar-refractivity contribution in [2.24, 2.45) is 5.73 Å². The average Bonchev–Trinajstić information content (AvgIpc) is 3.13. The molecule has 5 N–H and O–H groups in total. The van der Waals surface area contributed by atoms with Crippen molar-refractivity contribution in [2.75, 3.05) is 19.8 Å². The SMILES string of the molecule is CC/C=C\C/C=C\C/C=C\C/C=C\CCCCCCC(=O)NC(COP(=O)(O)OCCN)C(O)/C=C/CC/C=C/CCCCCCCCCCCC. The summed E-state index contributed by atoms with van der Waals surface area (Å²) in [5.74, 6) is -0.231. The van der Waals surface area contributed by atoms with Crippen LogP contribution in [0.5, 0.6) is 0 Å². The minimum absolute atomic E-state index is 0.0661. The normalized spacial score (nSPS) is 14.9. The maximum Gasteiger partial charge on any atom is 0.472 e. The van der Waals surface area contributed by atoms with Crippen LogP contribution in [0, 0.1) is 0 Å². The number of carbonyl (C=O) groups excluding carboxylic acids is 1. The summed E-state index contributed by atoms with van der Waals surface area (Å²) in [7, 11) is -4.36. The Morgan fingerprint density at radius 2 is 1.13 bits per heavy atom. The topological polar surface area (TPSA) is 131 Å². The van der Waals surface area contributed by atoms with E-state index < -0.39 is 20.0 Å². The highest BCUT2D eigenvalue weighted by Crippen LogP contribution is 2.43. The highest BCUT2D eigenvalue weighted by molar-refractivity contribution is 7.47. The Kier molecular flexibility index (Phi) is 37.1. The number of nitrogens with two attached hydrogens (primary N) is 1. The van der Waals surface area contributed by atoms with E-state index in [1.807, 2.05) is 6.08 Å². The van der Waals surface area contributed by atoms with Gasteiger partial charge in [0, 0.05) is 13.0 Å². The third-order valence-electron chi connectivity index (χ3n) is 8.52. The van der Waals surface area contributed by atoms with Crippen LogP contribution in [0.15, 0.2) is 72.9 Å². The molecule has 0 aliphatic heterocycles. The Bertz CT molecular complexity index is 1040. The highest BCUT2D eigenvalue weighted by atomic mass is 31.2. The van der Waals surface area contributed by atoms with Crippen LogP contribution in [0.4, 0.5) is 0 Å². The molecule has 0 radical (unpaired) electrons. The van der Waals surface area contributed by atoms with Crippen LogP contribution in [-0.2, 0) is 18.4 Å². The highest BCUT2D eigenvalue weighted by Gasteiger charge is 2.26. The van der Waals surface area contributed by atoms with Gasteiger partial charge in [0.25, 0.3) is 0 Å². The summed E-state index contributed by atoms with van der Waals surface area (Å²) in [5, 5.41) is 13.6. The number of allylic oxidation sites excluding steroid dienone is 11. The van der Waals surface area contributed by atoms with Gasteiger partial charge in [0.15, 0.2) is 0 Å². The molecule has 0 heterocycles. The Hall–Kier alpha value is -2.06. The third kappa shape index (κ3) is 36.3. The van der Waals surface area contributed by atoms with E-state index in [0.29, 0.717) is 6.42 Å². The first-order valence-corrected chi connectivity index (χ1v) is 22.1. The second-order valence-corrected chi connectivity index (χ2v) is 14.9. The lowest BCUT2D eigenvalue weighted by Crippen LogP contribution is -2.45. The van der Waals surface area contributed by atoms with Gasteiger partial charge in [-0.2, -0.15) is 0 Å². The fourth-order valence-electron chi connectivity index (χ4n) is 5.43. The molecule has 0 fully saturated rings. The van der Waals surface area contributed by atoms with Gasteiger partial charge in [-0.05, 0) is 70.6 Å². The van der Waals surface area contributed by atoms with Crippen LogP contribution < -0.4 is 11.1 Å². The van der Waals surface area contributed by atoms with Crippen molar-refractivity contribution in [1.82, 2.24) is 5.32 Å². The molecule has 8 nitrogen and oxygen atoms in total. The lowest BCUT2D eigenvalue weighted by Gasteiger charge is -2.23. The number of hydrogen-bond acceptors (Lipinski definition) is 6. The largest absolute Gasteiger partial charge is 0.472 e.